The zero-order valence-electron chi connectivity index (χ0n) is 5.97. The van der Waals surface area contributed by atoms with Gasteiger partial charge in [0.15, 0.2) is 0 Å². The summed E-state index contributed by atoms with van der Waals surface area (Å²) in [6.45, 7) is 2.11. The number of rotatable bonds is 6. The number of nitrogens with two attached hydrogens (primary N) is 1. The number of hydrogen-bond donors (Lipinski definition) is 3. The van der Waals surface area contributed by atoms with Crippen LogP contribution in [0.3, 0.4) is 0 Å². The largest absolute Gasteiger partial charge is 0.481 e. The Bertz CT molecular complexity index is 95.7. The third-order valence-electron chi connectivity index (χ3n) is 1.07. The predicted octanol–water partition coefficient (Wildman–Crippen LogP) is -0.601. The Morgan fingerprint density at radius 2 is 2.20 bits per heavy atom. The van der Waals surface area contributed by atoms with E-state index >= 15 is 0 Å². The van der Waals surface area contributed by atoms with E-state index in [1.165, 1.54) is 0 Å². The van der Waals surface area contributed by atoms with Crippen LogP contribution in [0.5, 0.6) is 0 Å². The van der Waals surface area contributed by atoms with E-state index in [-0.39, 0.29) is 6.42 Å². The van der Waals surface area contributed by atoms with Crippen molar-refractivity contribution in [1.29, 1.82) is 0 Å². The number of aliphatic carboxylic acids is 1. The lowest BCUT2D eigenvalue weighted by Crippen LogP contribution is -2.23. The molecule has 0 saturated heterocycles. The lowest BCUT2D eigenvalue weighted by molar-refractivity contribution is -0.137. The summed E-state index contributed by atoms with van der Waals surface area (Å²) < 4.78 is 0. The van der Waals surface area contributed by atoms with E-state index in [1.54, 1.807) is 0 Å². The molecule has 0 bridgehead atoms. The van der Waals surface area contributed by atoms with Gasteiger partial charge >= 0.3 is 5.97 Å². The number of carbonyl (C=O) groups is 1. The van der Waals surface area contributed by atoms with E-state index in [9.17, 15) is 4.79 Å². The average Bonchev–Trinajstić information content (AvgIpc) is 1.87. The van der Waals surface area contributed by atoms with E-state index in [2.05, 4.69) is 5.32 Å². The number of hydrogen-bond acceptors (Lipinski definition) is 3. The molecule has 4 heteroatoms. The molecule has 0 heterocycles. The highest BCUT2D eigenvalue weighted by Gasteiger charge is 1.93. The number of carboxylic acids is 1. The topological polar surface area (TPSA) is 75.3 Å². The Balaban J connectivity index is 2.84. The molecule has 0 saturated carbocycles. The molecule has 0 atom stereocenters. The first-order valence-electron chi connectivity index (χ1n) is 3.40. The minimum absolute atomic E-state index is 0.234. The van der Waals surface area contributed by atoms with Crippen molar-refractivity contribution in [3.05, 3.63) is 0 Å². The molecule has 0 aliphatic heterocycles. The van der Waals surface area contributed by atoms with Crippen LogP contribution in [0.4, 0.5) is 0 Å². The third kappa shape index (κ3) is 7.39. The molecule has 60 valence electrons. The average molecular weight is 146 g/mol. The van der Waals surface area contributed by atoms with Crippen LogP contribution >= 0.6 is 0 Å². The van der Waals surface area contributed by atoms with Crippen LogP contribution in [-0.4, -0.2) is 30.7 Å². The molecule has 0 aliphatic carbocycles. The van der Waals surface area contributed by atoms with Gasteiger partial charge in [-0.3, -0.25) is 4.79 Å². The van der Waals surface area contributed by atoms with Crippen molar-refractivity contribution in [2.45, 2.75) is 12.8 Å². The van der Waals surface area contributed by atoms with Gasteiger partial charge in [0, 0.05) is 19.5 Å². The van der Waals surface area contributed by atoms with E-state index in [1.807, 2.05) is 0 Å². The maximum Gasteiger partial charge on any atom is 0.303 e. The number of carboxylic acid groups (broad SMARTS) is 1. The molecule has 0 radical (unpaired) electrons. The summed E-state index contributed by atoms with van der Waals surface area (Å²) in [5.74, 6) is -0.741. The van der Waals surface area contributed by atoms with Gasteiger partial charge in [-0.05, 0) is 13.0 Å². The lowest BCUT2D eigenvalue weighted by atomic mass is 10.3. The molecular weight excluding hydrogens is 132 g/mol. The fourth-order valence-electron chi connectivity index (χ4n) is 0.592. The fraction of sp³-hybridized carbons (Fsp3) is 0.833. The number of nitrogens with one attached hydrogen (secondary N) is 1. The molecule has 0 aliphatic rings. The van der Waals surface area contributed by atoms with Crippen molar-refractivity contribution in [2.75, 3.05) is 19.6 Å². The van der Waals surface area contributed by atoms with Crippen LogP contribution in [0.2, 0.25) is 0 Å². The monoisotopic (exact) mass is 146 g/mol. The smallest absolute Gasteiger partial charge is 0.303 e. The molecule has 0 fully saturated rings. The van der Waals surface area contributed by atoms with Crippen LogP contribution in [0.25, 0.3) is 0 Å². The maximum atomic E-state index is 9.98. The van der Waals surface area contributed by atoms with E-state index in [4.69, 9.17) is 10.8 Å². The highest BCUT2D eigenvalue weighted by Crippen LogP contribution is 1.84. The van der Waals surface area contributed by atoms with Gasteiger partial charge < -0.3 is 16.2 Å². The van der Waals surface area contributed by atoms with Crippen molar-refractivity contribution < 1.29 is 9.90 Å². The summed E-state index contributed by atoms with van der Waals surface area (Å²) in [5.41, 5.74) is 5.19. The Labute approximate surface area is 60.4 Å². The highest BCUT2D eigenvalue weighted by molar-refractivity contribution is 5.66. The second-order valence-electron chi connectivity index (χ2n) is 2.04. The minimum atomic E-state index is -0.741. The summed E-state index contributed by atoms with van der Waals surface area (Å²) in [6.07, 6.45) is 0.910. The molecule has 0 spiro atoms. The summed E-state index contributed by atoms with van der Waals surface area (Å²) in [5, 5.41) is 11.2. The van der Waals surface area contributed by atoms with Gasteiger partial charge in [-0.15, -0.1) is 0 Å². The molecule has 0 aromatic rings. The van der Waals surface area contributed by atoms with Gasteiger partial charge in [0.25, 0.3) is 0 Å². The maximum absolute atomic E-state index is 9.98. The molecule has 0 rings (SSSR count). The van der Waals surface area contributed by atoms with E-state index in [0.717, 1.165) is 13.1 Å². The Kier molecular flexibility index (Phi) is 6.11. The van der Waals surface area contributed by atoms with Crippen molar-refractivity contribution in [3.8, 4) is 0 Å². The van der Waals surface area contributed by atoms with Gasteiger partial charge in [0.05, 0.1) is 0 Å². The second kappa shape index (κ2) is 6.51. The molecule has 0 unspecified atom stereocenters. The molecule has 0 aromatic heterocycles. The zero-order valence-corrected chi connectivity index (χ0v) is 5.97. The Morgan fingerprint density at radius 3 is 2.70 bits per heavy atom. The van der Waals surface area contributed by atoms with Gasteiger partial charge in [-0.1, -0.05) is 0 Å². The normalized spacial score (nSPS) is 9.70. The van der Waals surface area contributed by atoms with Crippen LogP contribution in [0, 0.1) is 0 Å². The third-order valence-corrected chi connectivity index (χ3v) is 1.07. The SMILES string of the molecule is NCCNCCCC(=O)O. The van der Waals surface area contributed by atoms with Gasteiger partial charge in [-0.25, -0.2) is 0 Å². The summed E-state index contributed by atoms with van der Waals surface area (Å²) >= 11 is 0. The molecule has 10 heavy (non-hydrogen) atoms. The fourth-order valence-corrected chi connectivity index (χ4v) is 0.592. The molecule has 4 nitrogen and oxygen atoms in total. The van der Waals surface area contributed by atoms with Crippen LogP contribution in [-0.2, 0) is 4.79 Å². The minimum Gasteiger partial charge on any atom is -0.481 e. The van der Waals surface area contributed by atoms with Crippen LogP contribution in [0.1, 0.15) is 12.8 Å². The standard InChI is InChI=1S/C6H14N2O2/c7-3-5-8-4-1-2-6(9)10/h8H,1-5,7H2,(H,9,10). The first-order valence-corrected chi connectivity index (χ1v) is 3.40. The van der Waals surface area contributed by atoms with Crippen molar-refractivity contribution >= 4 is 5.97 Å². The first kappa shape index (κ1) is 9.39. The molecule has 0 amide bonds. The predicted molar refractivity (Wildman–Crippen MR) is 38.8 cm³/mol. The molecule has 0 aromatic carbocycles. The summed E-state index contributed by atoms with van der Waals surface area (Å²) in [6, 6.07) is 0. The van der Waals surface area contributed by atoms with Gasteiger partial charge in [0.2, 0.25) is 0 Å². The van der Waals surface area contributed by atoms with E-state index < -0.39 is 5.97 Å². The van der Waals surface area contributed by atoms with Crippen molar-refractivity contribution in [1.82, 2.24) is 5.32 Å². The molecule has 4 N–H and O–H groups in total. The van der Waals surface area contributed by atoms with E-state index in [0.29, 0.717) is 13.0 Å². The lowest BCUT2D eigenvalue weighted by Gasteiger charge is -1.98. The Hall–Kier alpha value is -0.610. The van der Waals surface area contributed by atoms with Crippen molar-refractivity contribution in [2.24, 2.45) is 5.73 Å². The quantitative estimate of drug-likeness (QED) is 0.437. The van der Waals surface area contributed by atoms with Crippen molar-refractivity contribution in [3.63, 3.8) is 0 Å². The highest BCUT2D eigenvalue weighted by atomic mass is 16.4. The Morgan fingerprint density at radius 1 is 1.50 bits per heavy atom. The molecular formula is C6H14N2O2. The summed E-state index contributed by atoms with van der Waals surface area (Å²) in [4.78, 5) is 9.98. The summed E-state index contributed by atoms with van der Waals surface area (Å²) in [7, 11) is 0. The van der Waals surface area contributed by atoms with Crippen LogP contribution < -0.4 is 11.1 Å². The van der Waals surface area contributed by atoms with Gasteiger partial charge in [0.1, 0.15) is 0 Å². The first-order chi connectivity index (χ1) is 4.77. The second-order valence-corrected chi connectivity index (χ2v) is 2.04. The zero-order chi connectivity index (χ0) is 7.82. The van der Waals surface area contributed by atoms with Crippen LogP contribution in [0.15, 0.2) is 0 Å². The van der Waals surface area contributed by atoms with Gasteiger partial charge in [-0.2, -0.15) is 0 Å².